The summed E-state index contributed by atoms with van der Waals surface area (Å²) in [6.07, 6.45) is 4.44. The van der Waals surface area contributed by atoms with Crippen molar-refractivity contribution in [1.29, 1.82) is 0 Å². The van der Waals surface area contributed by atoms with E-state index in [9.17, 15) is 0 Å². The molecular formula is C20H25N. The van der Waals surface area contributed by atoms with Crippen LogP contribution in [0.4, 0.5) is 0 Å². The predicted molar refractivity (Wildman–Crippen MR) is 89.5 cm³/mol. The van der Waals surface area contributed by atoms with Crippen LogP contribution in [0, 0.1) is 5.92 Å². The number of nitrogens with two attached hydrogens (primary N) is 1. The smallest absolute Gasteiger partial charge is 0.0330 e. The van der Waals surface area contributed by atoms with Crippen LogP contribution in [0.15, 0.2) is 42.5 Å². The van der Waals surface area contributed by atoms with Gasteiger partial charge in [0.1, 0.15) is 0 Å². The molecule has 0 amide bonds. The summed E-state index contributed by atoms with van der Waals surface area (Å²) in [7, 11) is 0. The summed E-state index contributed by atoms with van der Waals surface area (Å²) in [5.74, 6) is 0.541. The van der Waals surface area contributed by atoms with Gasteiger partial charge in [-0.05, 0) is 59.4 Å². The fourth-order valence-electron chi connectivity index (χ4n) is 3.65. The van der Waals surface area contributed by atoms with Gasteiger partial charge in [0.2, 0.25) is 0 Å². The summed E-state index contributed by atoms with van der Waals surface area (Å²) in [4.78, 5) is 0. The zero-order chi connectivity index (χ0) is 14.8. The topological polar surface area (TPSA) is 26.0 Å². The van der Waals surface area contributed by atoms with Crippen LogP contribution in [-0.4, -0.2) is 0 Å². The highest BCUT2D eigenvalue weighted by atomic mass is 14.7. The van der Waals surface area contributed by atoms with Crippen LogP contribution in [0.1, 0.15) is 47.7 Å². The second-order valence-corrected chi connectivity index (χ2v) is 6.20. The highest BCUT2D eigenvalue weighted by molar-refractivity contribution is 5.37. The molecule has 3 rings (SSSR count). The minimum Gasteiger partial charge on any atom is -0.324 e. The van der Waals surface area contributed by atoms with Crippen molar-refractivity contribution in [3.05, 3.63) is 70.3 Å². The molecule has 2 aromatic rings. The average Bonchev–Trinajstić information content (AvgIpc) is 2.97. The number of aryl methyl sites for hydroxylation is 2. The van der Waals surface area contributed by atoms with E-state index < -0.39 is 0 Å². The van der Waals surface area contributed by atoms with Crippen LogP contribution in [0.2, 0.25) is 0 Å². The second kappa shape index (κ2) is 6.03. The Hall–Kier alpha value is -1.60. The van der Waals surface area contributed by atoms with Crippen molar-refractivity contribution in [3.8, 4) is 0 Å². The van der Waals surface area contributed by atoms with Crippen molar-refractivity contribution < 1.29 is 0 Å². The first-order valence-corrected chi connectivity index (χ1v) is 8.17. The van der Waals surface area contributed by atoms with Crippen molar-refractivity contribution in [1.82, 2.24) is 0 Å². The van der Waals surface area contributed by atoms with Gasteiger partial charge >= 0.3 is 0 Å². The Kier molecular flexibility index (Phi) is 4.12. The number of benzene rings is 2. The van der Waals surface area contributed by atoms with Gasteiger partial charge < -0.3 is 5.73 Å². The van der Waals surface area contributed by atoms with Crippen LogP contribution in [0.25, 0.3) is 0 Å². The summed E-state index contributed by atoms with van der Waals surface area (Å²) in [6, 6.07) is 15.8. The number of hydrogen-bond acceptors (Lipinski definition) is 1. The maximum Gasteiger partial charge on any atom is 0.0330 e. The van der Waals surface area contributed by atoms with Crippen LogP contribution in [-0.2, 0) is 25.7 Å². The summed E-state index contributed by atoms with van der Waals surface area (Å²) >= 11 is 0. The highest BCUT2D eigenvalue weighted by Gasteiger charge is 2.27. The summed E-state index contributed by atoms with van der Waals surface area (Å²) in [5.41, 5.74) is 13.8. The van der Waals surface area contributed by atoms with Gasteiger partial charge in [-0.1, -0.05) is 56.3 Å². The van der Waals surface area contributed by atoms with E-state index in [0.29, 0.717) is 5.92 Å². The Labute approximate surface area is 128 Å². The Balaban J connectivity index is 1.82. The maximum absolute atomic E-state index is 6.59. The van der Waals surface area contributed by atoms with E-state index in [1.165, 1.54) is 27.8 Å². The monoisotopic (exact) mass is 279 g/mol. The summed E-state index contributed by atoms with van der Waals surface area (Å²) in [5, 5.41) is 0. The fraction of sp³-hybridized carbons (Fsp3) is 0.400. The van der Waals surface area contributed by atoms with Crippen molar-refractivity contribution in [3.63, 3.8) is 0 Å². The molecule has 0 bridgehead atoms. The standard InChI is InChI=1S/C20H25N/c1-3-14-9-10-18(11-15(14)4-2)20(21)19-12-16-7-5-6-8-17(16)13-19/h5-11,19-20H,3-4,12-13,21H2,1-2H3. The molecule has 1 aliphatic carbocycles. The van der Waals surface area contributed by atoms with Crippen LogP contribution < -0.4 is 5.73 Å². The van der Waals surface area contributed by atoms with Gasteiger partial charge in [-0.3, -0.25) is 0 Å². The molecule has 21 heavy (non-hydrogen) atoms. The second-order valence-electron chi connectivity index (χ2n) is 6.20. The van der Waals surface area contributed by atoms with Gasteiger partial charge in [0.25, 0.3) is 0 Å². The third kappa shape index (κ3) is 2.75. The van der Waals surface area contributed by atoms with Gasteiger partial charge in [0.05, 0.1) is 0 Å². The lowest BCUT2D eigenvalue weighted by Crippen LogP contribution is -2.22. The van der Waals surface area contributed by atoms with Crippen molar-refractivity contribution in [2.75, 3.05) is 0 Å². The van der Waals surface area contributed by atoms with Crippen LogP contribution in [0.5, 0.6) is 0 Å². The zero-order valence-electron chi connectivity index (χ0n) is 13.1. The molecule has 2 N–H and O–H groups in total. The van der Waals surface area contributed by atoms with E-state index in [2.05, 4.69) is 56.3 Å². The zero-order valence-corrected chi connectivity index (χ0v) is 13.1. The molecule has 1 aliphatic rings. The predicted octanol–water partition coefficient (Wildman–Crippen LogP) is 4.23. The molecule has 110 valence electrons. The lowest BCUT2D eigenvalue weighted by Gasteiger charge is -2.21. The van der Waals surface area contributed by atoms with Crippen LogP contribution >= 0.6 is 0 Å². The summed E-state index contributed by atoms with van der Waals surface area (Å²) < 4.78 is 0. The van der Waals surface area contributed by atoms with Gasteiger partial charge in [-0.25, -0.2) is 0 Å². The molecule has 1 nitrogen and oxygen atoms in total. The fourth-order valence-corrected chi connectivity index (χ4v) is 3.65. The maximum atomic E-state index is 6.59. The lowest BCUT2D eigenvalue weighted by molar-refractivity contribution is 0.453. The average molecular weight is 279 g/mol. The van der Waals surface area contributed by atoms with Gasteiger partial charge in [0.15, 0.2) is 0 Å². The molecule has 1 unspecified atom stereocenters. The normalized spacial score (nSPS) is 16.0. The molecule has 0 fully saturated rings. The molecule has 2 aromatic carbocycles. The van der Waals surface area contributed by atoms with E-state index in [0.717, 1.165) is 25.7 Å². The molecule has 0 aromatic heterocycles. The molecular weight excluding hydrogens is 254 g/mol. The first-order chi connectivity index (χ1) is 10.2. The molecule has 0 radical (unpaired) electrons. The van der Waals surface area contributed by atoms with Crippen molar-refractivity contribution >= 4 is 0 Å². The Morgan fingerprint density at radius 3 is 2.14 bits per heavy atom. The number of rotatable bonds is 4. The molecule has 1 heteroatoms. The van der Waals surface area contributed by atoms with Gasteiger partial charge in [0, 0.05) is 6.04 Å². The van der Waals surface area contributed by atoms with Crippen LogP contribution in [0.3, 0.4) is 0 Å². The van der Waals surface area contributed by atoms with E-state index in [-0.39, 0.29) is 6.04 Å². The minimum atomic E-state index is 0.147. The summed E-state index contributed by atoms with van der Waals surface area (Å²) in [6.45, 7) is 4.46. The molecule has 0 aliphatic heterocycles. The van der Waals surface area contributed by atoms with E-state index in [4.69, 9.17) is 5.73 Å². The number of hydrogen-bond donors (Lipinski definition) is 1. The van der Waals surface area contributed by atoms with E-state index in [1.54, 1.807) is 0 Å². The molecule has 0 heterocycles. The first kappa shape index (κ1) is 14.3. The third-order valence-electron chi connectivity index (χ3n) is 4.97. The van der Waals surface area contributed by atoms with Gasteiger partial charge in [-0.2, -0.15) is 0 Å². The third-order valence-corrected chi connectivity index (χ3v) is 4.97. The minimum absolute atomic E-state index is 0.147. The molecule has 0 saturated carbocycles. The van der Waals surface area contributed by atoms with Crippen molar-refractivity contribution in [2.45, 2.75) is 45.6 Å². The quantitative estimate of drug-likeness (QED) is 0.890. The Bertz CT molecular complexity index is 604. The highest BCUT2D eigenvalue weighted by Crippen LogP contribution is 2.34. The van der Waals surface area contributed by atoms with Gasteiger partial charge in [-0.15, -0.1) is 0 Å². The Morgan fingerprint density at radius 1 is 0.952 bits per heavy atom. The largest absolute Gasteiger partial charge is 0.324 e. The molecule has 1 atom stereocenters. The first-order valence-electron chi connectivity index (χ1n) is 8.17. The van der Waals surface area contributed by atoms with E-state index in [1.807, 2.05) is 0 Å². The van der Waals surface area contributed by atoms with Crippen molar-refractivity contribution in [2.24, 2.45) is 11.7 Å². The SMILES string of the molecule is CCc1ccc(C(N)C2Cc3ccccc3C2)cc1CC. The van der Waals surface area contributed by atoms with E-state index >= 15 is 0 Å². The molecule has 0 spiro atoms. The Morgan fingerprint density at radius 2 is 1.57 bits per heavy atom. The number of fused-ring (bicyclic) bond motifs is 1. The molecule has 0 saturated heterocycles. The lowest BCUT2D eigenvalue weighted by atomic mass is 9.89.